The Balaban J connectivity index is 1.56. The molecule has 4 rings (SSSR count). The second-order valence-electron chi connectivity index (χ2n) is 8.94. The molecule has 0 radical (unpaired) electrons. The minimum absolute atomic E-state index is 0.0156. The van der Waals surface area contributed by atoms with Gasteiger partial charge in [-0.1, -0.05) is 17.4 Å². The first kappa shape index (κ1) is 25.9. The van der Waals surface area contributed by atoms with Crippen LogP contribution in [0.3, 0.4) is 0 Å². The molecule has 1 aromatic carbocycles. The lowest BCUT2D eigenvalue weighted by Crippen LogP contribution is -2.60. The molecule has 4 N–H and O–H groups in total. The zero-order chi connectivity index (χ0) is 26.0. The van der Waals surface area contributed by atoms with Crippen molar-refractivity contribution < 1.29 is 23.8 Å². The summed E-state index contributed by atoms with van der Waals surface area (Å²) in [6.07, 6.45) is 4.04. The van der Waals surface area contributed by atoms with Gasteiger partial charge < -0.3 is 20.1 Å². The second kappa shape index (κ2) is 10.4. The molecule has 1 fully saturated rings. The van der Waals surface area contributed by atoms with Gasteiger partial charge in [0.15, 0.2) is 16.5 Å². The van der Waals surface area contributed by atoms with Crippen LogP contribution < -0.4 is 10.7 Å². The maximum absolute atomic E-state index is 14.0. The Morgan fingerprint density at radius 2 is 2.03 bits per heavy atom. The molecule has 1 aliphatic carbocycles. The van der Waals surface area contributed by atoms with E-state index in [0.717, 1.165) is 36.3 Å². The summed E-state index contributed by atoms with van der Waals surface area (Å²) >= 11 is 1.03. The predicted molar refractivity (Wildman–Crippen MR) is 130 cm³/mol. The standard InChI is InChI=1S/C24H27F2N5O4S/c1-27-24(7-5-13(12-32)6-8-24)31(2)23(35)19-21(34)20(33)16(11-28-19)22-30-29-18(36-22)9-14-3-4-15(25)10-17(14)26/h3-4,10-11,13,27,32,34H,5-9,12H2,1-2H3,(H,28,33). The zero-order valence-corrected chi connectivity index (χ0v) is 20.7. The van der Waals surface area contributed by atoms with E-state index in [1.165, 1.54) is 17.2 Å². The third kappa shape index (κ3) is 4.88. The van der Waals surface area contributed by atoms with Gasteiger partial charge in [0.2, 0.25) is 5.43 Å². The Morgan fingerprint density at radius 1 is 1.31 bits per heavy atom. The zero-order valence-electron chi connectivity index (χ0n) is 19.8. The summed E-state index contributed by atoms with van der Waals surface area (Å²) in [5.41, 5.74) is -1.46. The summed E-state index contributed by atoms with van der Waals surface area (Å²) in [5.74, 6) is -2.51. The number of aliphatic hydroxyl groups is 1. The van der Waals surface area contributed by atoms with E-state index in [2.05, 4.69) is 20.5 Å². The quantitative estimate of drug-likeness (QED) is 0.353. The third-order valence-corrected chi connectivity index (χ3v) is 7.88. The van der Waals surface area contributed by atoms with Crippen LogP contribution in [-0.2, 0) is 6.42 Å². The van der Waals surface area contributed by atoms with Gasteiger partial charge in [-0.25, -0.2) is 8.78 Å². The van der Waals surface area contributed by atoms with Crippen LogP contribution in [0.4, 0.5) is 8.78 Å². The van der Waals surface area contributed by atoms with Gasteiger partial charge in [-0.05, 0) is 50.3 Å². The number of amides is 1. The maximum atomic E-state index is 14.0. The molecule has 0 spiro atoms. The molecule has 1 saturated carbocycles. The minimum Gasteiger partial charge on any atom is -0.503 e. The number of hydrogen-bond donors (Lipinski definition) is 4. The number of nitrogens with one attached hydrogen (secondary N) is 2. The molecular weight excluding hydrogens is 492 g/mol. The Kier molecular flexibility index (Phi) is 7.48. The number of benzene rings is 1. The molecule has 2 aromatic heterocycles. The third-order valence-electron chi connectivity index (χ3n) is 6.93. The number of pyridine rings is 1. The lowest BCUT2D eigenvalue weighted by Gasteiger charge is -2.46. The molecule has 0 unspecified atom stereocenters. The Hall–Kier alpha value is -3.22. The number of nitrogens with zero attached hydrogens (tertiary/aromatic N) is 3. The monoisotopic (exact) mass is 519 g/mol. The van der Waals surface area contributed by atoms with Crippen molar-refractivity contribution >= 4 is 17.2 Å². The number of aliphatic hydroxyl groups excluding tert-OH is 1. The molecule has 3 aromatic rings. The summed E-state index contributed by atoms with van der Waals surface area (Å²) in [5, 5.41) is 31.8. The highest BCUT2D eigenvalue weighted by atomic mass is 32.1. The molecule has 0 atom stereocenters. The summed E-state index contributed by atoms with van der Waals surface area (Å²) < 4.78 is 27.1. The molecule has 0 saturated heterocycles. The van der Waals surface area contributed by atoms with Crippen LogP contribution in [0.1, 0.15) is 46.7 Å². The van der Waals surface area contributed by atoms with Crippen LogP contribution in [0.25, 0.3) is 10.6 Å². The number of aromatic hydroxyl groups is 1. The fraction of sp³-hybridized carbons (Fsp3) is 0.417. The van der Waals surface area contributed by atoms with Crippen molar-refractivity contribution in [2.75, 3.05) is 20.7 Å². The molecule has 192 valence electrons. The molecule has 12 heteroatoms. The normalized spacial score (nSPS) is 19.9. The van der Waals surface area contributed by atoms with Gasteiger partial charge in [0, 0.05) is 32.3 Å². The molecular formula is C24H27F2N5O4S. The van der Waals surface area contributed by atoms with E-state index >= 15 is 0 Å². The highest BCUT2D eigenvalue weighted by Gasteiger charge is 2.40. The van der Waals surface area contributed by atoms with E-state index in [4.69, 9.17) is 0 Å². The number of carbonyl (C=O) groups is 1. The first-order valence-electron chi connectivity index (χ1n) is 11.5. The molecule has 36 heavy (non-hydrogen) atoms. The summed E-state index contributed by atoms with van der Waals surface area (Å²) in [4.78, 5) is 30.4. The average molecular weight is 520 g/mol. The van der Waals surface area contributed by atoms with E-state index < -0.39 is 34.4 Å². The number of aromatic nitrogens is 3. The van der Waals surface area contributed by atoms with Crippen LogP contribution in [0.2, 0.25) is 0 Å². The molecule has 2 heterocycles. The van der Waals surface area contributed by atoms with Gasteiger partial charge >= 0.3 is 0 Å². The van der Waals surface area contributed by atoms with E-state index in [1.807, 2.05) is 0 Å². The van der Waals surface area contributed by atoms with E-state index in [0.29, 0.717) is 17.8 Å². The van der Waals surface area contributed by atoms with E-state index in [9.17, 15) is 28.6 Å². The number of rotatable bonds is 7. The van der Waals surface area contributed by atoms with Crippen LogP contribution in [0, 0.1) is 17.6 Å². The number of H-pyrrole nitrogens is 1. The minimum atomic E-state index is -0.788. The van der Waals surface area contributed by atoms with Crippen molar-refractivity contribution in [2.24, 2.45) is 5.92 Å². The maximum Gasteiger partial charge on any atom is 0.275 e. The van der Waals surface area contributed by atoms with Gasteiger partial charge in [-0.15, -0.1) is 10.2 Å². The second-order valence-corrected chi connectivity index (χ2v) is 10.0. The number of aromatic amines is 1. The van der Waals surface area contributed by atoms with Crippen LogP contribution >= 0.6 is 11.3 Å². The van der Waals surface area contributed by atoms with E-state index in [1.54, 1.807) is 14.1 Å². The first-order chi connectivity index (χ1) is 17.2. The van der Waals surface area contributed by atoms with Crippen molar-refractivity contribution in [2.45, 2.75) is 37.8 Å². The van der Waals surface area contributed by atoms with Crippen molar-refractivity contribution in [3.05, 3.63) is 62.5 Å². The van der Waals surface area contributed by atoms with Gasteiger partial charge in [0.25, 0.3) is 5.91 Å². The van der Waals surface area contributed by atoms with Crippen LogP contribution in [-0.4, -0.2) is 62.6 Å². The number of hydrogen-bond acceptors (Lipinski definition) is 8. The fourth-order valence-electron chi connectivity index (χ4n) is 4.56. The lowest BCUT2D eigenvalue weighted by molar-refractivity contribution is 0.0194. The van der Waals surface area contributed by atoms with Gasteiger partial charge in [-0.2, -0.15) is 0 Å². The van der Waals surface area contributed by atoms with Crippen LogP contribution in [0.15, 0.2) is 29.2 Å². The smallest absolute Gasteiger partial charge is 0.275 e. The lowest BCUT2D eigenvalue weighted by atomic mass is 9.81. The molecule has 1 amide bonds. The van der Waals surface area contributed by atoms with E-state index in [-0.39, 0.29) is 40.8 Å². The van der Waals surface area contributed by atoms with Crippen molar-refractivity contribution in [3.8, 4) is 16.3 Å². The van der Waals surface area contributed by atoms with Crippen molar-refractivity contribution in [3.63, 3.8) is 0 Å². The molecule has 9 nitrogen and oxygen atoms in total. The molecule has 1 aliphatic rings. The van der Waals surface area contributed by atoms with Crippen molar-refractivity contribution in [1.29, 1.82) is 0 Å². The van der Waals surface area contributed by atoms with Gasteiger partial charge in [0.1, 0.15) is 16.6 Å². The largest absolute Gasteiger partial charge is 0.503 e. The Labute approximate surface area is 209 Å². The predicted octanol–water partition coefficient (Wildman–Crippen LogP) is 2.64. The van der Waals surface area contributed by atoms with Crippen LogP contribution in [0.5, 0.6) is 5.75 Å². The number of halogens is 2. The highest BCUT2D eigenvalue weighted by molar-refractivity contribution is 7.14. The first-order valence-corrected chi connectivity index (χ1v) is 12.3. The van der Waals surface area contributed by atoms with Crippen molar-refractivity contribution in [1.82, 2.24) is 25.4 Å². The SMILES string of the molecule is CNC1(N(C)C(=O)c2[nH]cc(-c3nnc(Cc4ccc(F)cc4F)s3)c(=O)c2O)CCC(CO)CC1. The summed E-state index contributed by atoms with van der Waals surface area (Å²) in [6.45, 7) is 0.0964. The summed E-state index contributed by atoms with van der Waals surface area (Å²) in [6, 6.07) is 3.24. The topological polar surface area (TPSA) is 131 Å². The summed E-state index contributed by atoms with van der Waals surface area (Å²) in [7, 11) is 3.36. The average Bonchev–Trinajstić information content (AvgIpc) is 3.34. The Morgan fingerprint density at radius 3 is 2.67 bits per heavy atom. The molecule has 0 aliphatic heterocycles. The highest BCUT2D eigenvalue weighted by Crippen LogP contribution is 2.35. The Bertz CT molecular complexity index is 1320. The van der Waals surface area contributed by atoms with Gasteiger partial charge in [-0.3, -0.25) is 14.9 Å². The van der Waals surface area contributed by atoms with Gasteiger partial charge in [0.05, 0.1) is 11.2 Å². The fourth-order valence-corrected chi connectivity index (χ4v) is 5.43. The number of carbonyl (C=O) groups excluding carboxylic acids is 1. The molecule has 0 bridgehead atoms.